The minimum absolute atomic E-state index is 0.320. The molecule has 1 unspecified atom stereocenters. The van der Waals surface area contributed by atoms with Gasteiger partial charge in [-0.15, -0.1) is 0 Å². The molecule has 1 N–H and O–H groups in total. The molecule has 1 aromatic heterocycles. The van der Waals surface area contributed by atoms with E-state index < -0.39 is 6.10 Å². The van der Waals surface area contributed by atoms with Crippen molar-refractivity contribution >= 4 is 23.4 Å². The Hall–Kier alpha value is -2.01. The number of aryl methyl sites for hydroxylation is 2. The summed E-state index contributed by atoms with van der Waals surface area (Å²) in [5.74, 6) is 0.465. The van der Waals surface area contributed by atoms with Crippen molar-refractivity contribution in [3.63, 3.8) is 0 Å². The number of aromatic nitrogens is 1. The van der Waals surface area contributed by atoms with E-state index in [1.165, 1.54) is 6.20 Å². The van der Waals surface area contributed by atoms with Crippen molar-refractivity contribution in [2.75, 3.05) is 5.32 Å². The van der Waals surface area contributed by atoms with E-state index in [2.05, 4.69) is 10.5 Å². The van der Waals surface area contributed by atoms with Crippen LogP contribution < -0.4 is 10.1 Å². The molecule has 1 aromatic carbocycles. The number of benzene rings is 1. The number of hydrogen-bond donors (Lipinski definition) is 1. The smallest absolute Gasteiger partial charge is 0.267 e. The second kappa shape index (κ2) is 5.96. The van der Waals surface area contributed by atoms with Crippen LogP contribution in [0.4, 0.5) is 5.88 Å². The minimum Gasteiger partial charge on any atom is -0.479 e. The fourth-order valence-corrected chi connectivity index (χ4v) is 1.73. The van der Waals surface area contributed by atoms with Crippen molar-refractivity contribution in [1.82, 2.24) is 5.16 Å². The van der Waals surface area contributed by atoms with Crippen LogP contribution in [0.25, 0.3) is 0 Å². The molecule has 5 nitrogen and oxygen atoms in total. The Morgan fingerprint density at radius 2 is 2.20 bits per heavy atom. The Labute approximate surface area is 121 Å². The van der Waals surface area contributed by atoms with Gasteiger partial charge in [0.15, 0.2) is 6.10 Å². The maximum Gasteiger partial charge on any atom is 0.267 e. The largest absolute Gasteiger partial charge is 0.479 e. The summed E-state index contributed by atoms with van der Waals surface area (Å²) in [4.78, 5) is 12.0. The topological polar surface area (TPSA) is 64.4 Å². The fourth-order valence-electron chi connectivity index (χ4n) is 1.57. The average molecular weight is 295 g/mol. The molecule has 1 atom stereocenters. The average Bonchev–Trinajstić information content (AvgIpc) is 2.79. The molecule has 1 amide bonds. The van der Waals surface area contributed by atoms with E-state index in [0.29, 0.717) is 16.7 Å². The van der Waals surface area contributed by atoms with Gasteiger partial charge in [-0.2, -0.15) is 0 Å². The van der Waals surface area contributed by atoms with E-state index in [4.69, 9.17) is 20.9 Å². The van der Waals surface area contributed by atoms with Crippen LogP contribution in [0.3, 0.4) is 0 Å². The molecule has 2 aromatic rings. The Kier molecular flexibility index (Phi) is 4.29. The maximum absolute atomic E-state index is 12.0. The number of hydrogen-bond acceptors (Lipinski definition) is 4. The lowest BCUT2D eigenvalue weighted by atomic mass is 10.2. The highest BCUT2D eigenvalue weighted by Crippen LogP contribution is 2.26. The zero-order valence-corrected chi connectivity index (χ0v) is 12.2. The molecule has 0 fully saturated rings. The molecule has 0 aliphatic heterocycles. The number of amides is 1. The van der Waals surface area contributed by atoms with Crippen molar-refractivity contribution in [2.45, 2.75) is 26.9 Å². The van der Waals surface area contributed by atoms with E-state index in [1.807, 2.05) is 13.0 Å². The number of anilines is 1. The molecule has 0 spiro atoms. The molecule has 0 bridgehead atoms. The predicted molar refractivity (Wildman–Crippen MR) is 76.1 cm³/mol. The van der Waals surface area contributed by atoms with Crippen LogP contribution in [0.5, 0.6) is 5.75 Å². The van der Waals surface area contributed by atoms with E-state index >= 15 is 0 Å². The summed E-state index contributed by atoms with van der Waals surface area (Å²) in [7, 11) is 0. The molecule has 106 valence electrons. The molecule has 2 rings (SSSR count). The van der Waals surface area contributed by atoms with Gasteiger partial charge in [-0.3, -0.25) is 10.1 Å². The van der Waals surface area contributed by atoms with Crippen LogP contribution in [0.2, 0.25) is 5.02 Å². The summed E-state index contributed by atoms with van der Waals surface area (Å²) >= 11 is 6.03. The number of carbonyl (C=O) groups is 1. The van der Waals surface area contributed by atoms with Gasteiger partial charge in [0, 0.05) is 5.56 Å². The molecular weight excluding hydrogens is 280 g/mol. The highest BCUT2D eigenvalue weighted by atomic mass is 35.5. The van der Waals surface area contributed by atoms with Crippen LogP contribution in [0.15, 0.2) is 28.9 Å². The summed E-state index contributed by atoms with van der Waals surface area (Å²) in [5, 5.41) is 6.66. The lowest BCUT2D eigenvalue weighted by Crippen LogP contribution is -2.30. The summed E-state index contributed by atoms with van der Waals surface area (Å²) < 4.78 is 10.5. The summed E-state index contributed by atoms with van der Waals surface area (Å²) in [6.45, 7) is 5.35. The molecule has 0 saturated carbocycles. The molecule has 1 heterocycles. The second-order valence-corrected chi connectivity index (χ2v) is 4.93. The van der Waals surface area contributed by atoms with Crippen molar-refractivity contribution in [2.24, 2.45) is 0 Å². The first-order chi connectivity index (χ1) is 9.47. The Morgan fingerprint density at radius 1 is 1.45 bits per heavy atom. The third-order valence-electron chi connectivity index (χ3n) is 2.74. The Morgan fingerprint density at radius 3 is 2.85 bits per heavy atom. The summed E-state index contributed by atoms with van der Waals surface area (Å²) in [5.41, 5.74) is 1.75. The van der Waals surface area contributed by atoms with Crippen LogP contribution in [0, 0.1) is 13.8 Å². The molecule has 0 aliphatic carbocycles. The van der Waals surface area contributed by atoms with Gasteiger partial charge in [0.2, 0.25) is 5.88 Å². The zero-order valence-electron chi connectivity index (χ0n) is 11.4. The third-order valence-corrected chi connectivity index (χ3v) is 3.06. The van der Waals surface area contributed by atoms with Gasteiger partial charge in [-0.25, -0.2) is 0 Å². The fraction of sp³-hybridized carbons (Fsp3) is 0.286. The lowest BCUT2D eigenvalue weighted by molar-refractivity contribution is -0.122. The van der Waals surface area contributed by atoms with Crippen molar-refractivity contribution in [3.8, 4) is 5.75 Å². The SMILES string of the molecule is Cc1ccc(Cl)c(OC(C)C(=O)Nc2oncc2C)c1. The first kappa shape index (κ1) is 14.4. The number of halogens is 1. The number of rotatable bonds is 4. The van der Waals surface area contributed by atoms with Crippen LogP contribution in [-0.2, 0) is 4.79 Å². The highest BCUT2D eigenvalue weighted by Gasteiger charge is 2.18. The first-order valence-electron chi connectivity index (χ1n) is 6.12. The third kappa shape index (κ3) is 3.30. The first-order valence-corrected chi connectivity index (χ1v) is 6.50. The van der Waals surface area contributed by atoms with Crippen LogP contribution >= 0.6 is 11.6 Å². The summed E-state index contributed by atoms with van der Waals surface area (Å²) in [6, 6.07) is 5.39. The monoisotopic (exact) mass is 294 g/mol. The number of nitrogens with one attached hydrogen (secondary N) is 1. The van der Waals surface area contributed by atoms with E-state index in [1.54, 1.807) is 26.0 Å². The molecule has 0 saturated heterocycles. The van der Waals surface area contributed by atoms with Gasteiger partial charge in [0.1, 0.15) is 5.75 Å². The van der Waals surface area contributed by atoms with Gasteiger partial charge < -0.3 is 9.26 Å². The van der Waals surface area contributed by atoms with Gasteiger partial charge >= 0.3 is 0 Å². The van der Waals surface area contributed by atoms with Crippen LogP contribution in [0.1, 0.15) is 18.1 Å². The quantitative estimate of drug-likeness (QED) is 0.939. The minimum atomic E-state index is -0.709. The number of nitrogens with zero attached hydrogens (tertiary/aromatic N) is 1. The molecule has 20 heavy (non-hydrogen) atoms. The molecule has 6 heteroatoms. The van der Waals surface area contributed by atoms with Gasteiger partial charge in [0.25, 0.3) is 5.91 Å². The zero-order chi connectivity index (χ0) is 14.7. The normalized spacial score (nSPS) is 12.0. The highest BCUT2D eigenvalue weighted by molar-refractivity contribution is 6.32. The summed E-state index contributed by atoms with van der Waals surface area (Å²) in [6.07, 6.45) is 0.817. The molecular formula is C14H15ClN2O3. The number of carbonyl (C=O) groups excluding carboxylic acids is 1. The van der Waals surface area contributed by atoms with E-state index in [0.717, 1.165) is 11.1 Å². The molecule has 0 radical (unpaired) electrons. The maximum atomic E-state index is 12.0. The molecule has 0 aliphatic rings. The van der Waals surface area contributed by atoms with Gasteiger partial charge in [0.05, 0.1) is 11.2 Å². The van der Waals surface area contributed by atoms with Gasteiger partial charge in [-0.05, 0) is 38.5 Å². The van der Waals surface area contributed by atoms with Gasteiger partial charge in [-0.1, -0.05) is 22.8 Å². The number of ether oxygens (including phenoxy) is 1. The van der Waals surface area contributed by atoms with Crippen LogP contribution in [-0.4, -0.2) is 17.2 Å². The standard InChI is InChI=1S/C14H15ClN2O3/c1-8-4-5-11(15)12(6-8)19-10(3)13(18)17-14-9(2)7-16-20-14/h4-7,10H,1-3H3,(H,17,18). The lowest BCUT2D eigenvalue weighted by Gasteiger charge is -2.15. The van der Waals surface area contributed by atoms with Crippen molar-refractivity contribution in [3.05, 3.63) is 40.5 Å². The van der Waals surface area contributed by atoms with E-state index in [9.17, 15) is 4.79 Å². The van der Waals surface area contributed by atoms with E-state index in [-0.39, 0.29) is 5.91 Å². The second-order valence-electron chi connectivity index (χ2n) is 4.52. The Balaban J connectivity index is 2.04. The van der Waals surface area contributed by atoms with Crippen molar-refractivity contribution < 1.29 is 14.1 Å². The van der Waals surface area contributed by atoms with Crippen molar-refractivity contribution in [1.29, 1.82) is 0 Å². The Bertz CT molecular complexity index is 625. The predicted octanol–water partition coefficient (Wildman–Crippen LogP) is 3.35.